The summed E-state index contributed by atoms with van der Waals surface area (Å²) in [6.07, 6.45) is 9.57. The predicted molar refractivity (Wildman–Crippen MR) is 78.8 cm³/mol. The number of aryl methyl sites for hydroxylation is 1. The van der Waals surface area contributed by atoms with E-state index in [-0.39, 0.29) is 0 Å². The van der Waals surface area contributed by atoms with Gasteiger partial charge in [-0.25, -0.2) is 0 Å². The van der Waals surface area contributed by atoms with Crippen LogP contribution in [0.4, 0.5) is 0 Å². The lowest BCUT2D eigenvalue weighted by Gasteiger charge is -2.15. The summed E-state index contributed by atoms with van der Waals surface area (Å²) in [6, 6.07) is 6.99. The molecule has 0 aromatic heterocycles. The molecule has 1 fully saturated rings. The number of rotatable bonds is 0. The lowest BCUT2D eigenvalue weighted by molar-refractivity contribution is 0.385. The van der Waals surface area contributed by atoms with Gasteiger partial charge in [0.2, 0.25) is 0 Å². The maximum absolute atomic E-state index is 5.84. The van der Waals surface area contributed by atoms with Crippen molar-refractivity contribution in [1.29, 1.82) is 0 Å². The van der Waals surface area contributed by atoms with Gasteiger partial charge in [0.15, 0.2) is 0 Å². The smallest absolute Gasteiger partial charge is 0.0120 e. The van der Waals surface area contributed by atoms with Gasteiger partial charge in [0.05, 0.1) is 0 Å². The highest BCUT2D eigenvalue weighted by Crippen LogP contribution is 2.22. The van der Waals surface area contributed by atoms with E-state index in [0.717, 1.165) is 18.8 Å². The standard InChI is InChI=1S/C10H13N.C7H14/c1-7-2-3-8-5-10(11)6-9(8)4-7;1-7-5-3-2-4-6-7/h2-4,10H,5-6,11H2,1H3;7H,2-6H2,1H3. The molecule has 0 heterocycles. The summed E-state index contributed by atoms with van der Waals surface area (Å²) in [4.78, 5) is 0. The second-order valence-corrected chi connectivity index (χ2v) is 6.18. The van der Waals surface area contributed by atoms with Gasteiger partial charge >= 0.3 is 0 Å². The molecule has 1 aromatic rings. The summed E-state index contributed by atoms with van der Waals surface area (Å²) in [5.74, 6) is 1.04. The highest BCUT2D eigenvalue weighted by atomic mass is 14.6. The van der Waals surface area contributed by atoms with Crippen LogP contribution in [-0.2, 0) is 12.8 Å². The van der Waals surface area contributed by atoms with Gasteiger partial charge in [-0.05, 0) is 36.8 Å². The fourth-order valence-electron chi connectivity index (χ4n) is 3.09. The first-order valence-electron chi connectivity index (χ1n) is 7.49. The van der Waals surface area contributed by atoms with Crippen LogP contribution in [0.1, 0.15) is 55.7 Å². The van der Waals surface area contributed by atoms with Gasteiger partial charge in [-0.2, -0.15) is 0 Å². The molecule has 0 amide bonds. The molecule has 0 radical (unpaired) electrons. The summed E-state index contributed by atoms with van der Waals surface area (Å²) in [7, 11) is 0. The minimum Gasteiger partial charge on any atom is -0.327 e. The van der Waals surface area contributed by atoms with E-state index in [1.54, 1.807) is 0 Å². The molecule has 18 heavy (non-hydrogen) atoms. The molecule has 3 rings (SSSR count). The number of fused-ring (bicyclic) bond motifs is 1. The Labute approximate surface area is 112 Å². The first kappa shape index (κ1) is 13.6. The molecule has 1 atom stereocenters. The van der Waals surface area contributed by atoms with Crippen LogP contribution < -0.4 is 5.73 Å². The molecule has 2 N–H and O–H groups in total. The average Bonchev–Trinajstić information content (AvgIpc) is 2.70. The van der Waals surface area contributed by atoms with Crippen molar-refractivity contribution in [2.45, 2.75) is 64.8 Å². The summed E-state index contributed by atoms with van der Waals surface area (Å²) in [5.41, 5.74) is 10.1. The van der Waals surface area contributed by atoms with Crippen LogP contribution >= 0.6 is 0 Å². The van der Waals surface area contributed by atoms with E-state index in [9.17, 15) is 0 Å². The molecule has 1 nitrogen and oxygen atoms in total. The average molecular weight is 245 g/mol. The van der Waals surface area contributed by atoms with Gasteiger partial charge < -0.3 is 5.73 Å². The van der Waals surface area contributed by atoms with E-state index < -0.39 is 0 Å². The Hall–Kier alpha value is -0.820. The summed E-state index contributed by atoms with van der Waals surface area (Å²) in [6.45, 7) is 4.49. The minimum atomic E-state index is 0.367. The van der Waals surface area contributed by atoms with E-state index in [1.807, 2.05) is 0 Å². The van der Waals surface area contributed by atoms with Gasteiger partial charge in [0.1, 0.15) is 0 Å². The fourth-order valence-corrected chi connectivity index (χ4v) is 3.09. The Bertz CT molecular complexity index is 377. The molecule has 1 heteroatoms. The Morgan fingerprint density at radius 1 is 1.00 bits per heavy atom. The molecular formula is C17H27N. The number of nitrogens with two attached hydrogens (primary N) is 1. The second kappa shape index (κ2) is 6.38. The predicted octanol–water partition coefficient (Wildman–Crippen LogP) is 4.01. The quantitative estimate of drug-likeness (QED) is 0.734. The molecule has 0 saturated heterocycles. The van der Waals surface area contributed by atoms with Crippen molar-refractivity contribution in [1.82, 2.24) is 0 Å². The van der Waals surface area contributed by atoms with Crippen molar-refractivity contribution < 1.29 is 0 Å². The SMILES string of the molecule is CC1CCCCC1.Cc1ccc2c(c1)CC(N)C2. The first-order chi connectivity index (χ1) is 8.65. The number of hydrogen-bond acceptors (Lipinski definition) is 1. The number of benzene rings is 1. The molecule has 2 aliphatic carbocycles. The van der Waals surface area contributed by atoms with Crippen LogP contribution in [0.15, 0.2) is 18.2 Å². The van der Waals surface area contributed by atoms with Crippen LogP contribution in [0.5, 0.6) is 0 Å². The van der Waals surface area contributed by atoms with Crippen molar-refractivity contribution >= 4 is 0 Å². The third-order valence-electron chi connectivity index (χ3n) is 4.22. The third kappa shape index (κ3) is 3.84. The zero-order valence-electron chi connectivity index (χ0n) is 11.9. The number of hydrogen-bond donors (Lipinski definition) is 1. The van der Waals surface area contributed by atoms with Crippen LogP contribution in [0.2, 0.25) is 0 Å². The molecule has 2 aliphatic rings. The highest BCUT2D eigenvalue weighted by molar-refractivity contribution is 5.36. The van der Waals surface area contributed by atoms with E-state index in [1.165, 1.54) is 48.8 Å². The molecule has 1 saturated carbocycles. The Morgan fingerprint density at radius 3 is 2.28 bits per heavy atom. The van der Waals surface area contributed by atoms with Crippen LogP contribution in [0, 0.1) is 12.8 Å². The topological polar surface area (TPSA) is 26.0 Å². The van der Waals surface area contributed by atoms with E-state index in [0.29, 0.717) is 6.04 Å². The maximum atomic E-state index is 5.84. The second-order valence-electron chi connectivity index (χ2n) is 6.18. The normalized spacial score (nSPS) is 23.2. The highest BCUT2D eigenvalue weighted by Gasteiger charge is 2.16. The lowest BCUT2D eigenvalue weighted by atomic mass is 9.91. The van der Waals surface area contributed by atoms with Crippen molar-refractivity contribution in [2.24, 2.45) is 11.7 Å². The molecule has 1 aromatic carbocycles. The molecule has 100 valence electrons. The van der Waals surface area contributed by atoms with Crippen molar-refractivity contribution in [3.05, 3.63) is 34.9 Å². The summed E-state index contributed by atoms with van der Waals surface area (Å²) < 4.78 is 0. The van der Waals surface area contributed by atoms with Gasteiger partial charge in [-0.3, -0.25) is 0 Å². The monoisotopic (exact) mass is 245 g/mol. The summed E-state index contributed by atoms with van der Waals surface area (Å²) >= 11 is 0. The zero-order chi connectivity index (χ0) is 13.0. The van der Waals surface area contributed by atoms with E-state index in [4.69, 9.17) is 5.73 Å². The van der Waals surface area contributed by atoms with Gasteiger partial charge in [0.25, 0.3) is 0 Å². The van der Waals surface area contributed by atoms with Crippen molar-refractivity contribution in [3.63, 3.8) is 0 Å². The third-order valence-corrected chi connectivity index (χ3v) is 4.22. The Balaban J connectivity index is 0.000000149. The molecule has 1 unspecified atom stereocenters. The minimum absolute atomic E-state index is 0.367. The van der Waals surface area contributed by atoms with Gasteiger partial charge in [-0.15, -0.1) is 0 Å². The van der Waals surface area contributed by atoms with Crippen LogP contribution in [-0.4, -0.2) is 6.04 Å². The van der Waals surface area contributed by atoms with Crippen molar-refractivity contribution in [2.75, 3.05) is 0 Å². The van der Waals surface area contributed by atoms with Gasteiger partial charge in [-0.1, -0.05) is 62.8 Å². The zero-order valence-corrected chi connectivity index (χ0v) is 11.9. The van der Waals surface area contributed by atoms with Crippen molar-refractivity contribution in [3.8, 4) is 0 Å². The first-order valence-corrected chi connectivity index (χ1v) is 7.49. The molecule has 0 bridgehead atoms. The van der Waals surface area contributed by atoms with Gasteiger partial charge in [0, 0.05) is 6.04 Å². The molecular weight excluding hydrogens is 218 g/mol. The Kier molecular flexibility index (Phi) is 4.82. The lowest BCUT2D eigenvalue weighted by Crippen LogP contribution is -2.18. The summed E-state index contributed by atoms with van der Waals surface area (Å²) in [5, 5.41) is 0. The molecule has 0 aliphatic heterocycles. The molecule has 0 spiro atoms. The van der Waals surface area contributed by atoms with Crippen LogP contribution in [0.25, 0.3) is 0 Å². The van der Waals surface area contributed by atoms with E-state index in [2.05, 4.69) is 32.0 Å². The maximum Gasteiger partial charge on any atom is 0.0120 e. The van der Waals surface area contributed by atoms with Crippen LogP contribution in [0.3, 0.4) is 0 Å². The van der Waals surface area contributed by atoms with E-state index >= 15 is 0 Å². The Morgan fingerprint density at radius 2 is 1.67 bits per heavy atom. The largest absolute Gasteiger partial charge is 0.327 e. The fraction of sp³-hybridized carbons (Fsp3) is 0.647.